The number of H-pyrrole nitrogens is 1. The maximum absolute atomic E-state index is 12.4. The number of nitrogens with one attached hydrogen (secondary N) is 1. The maximum Gasteiger partial charge on any atom is 0.254 e. The average molecular weight is 355 g/mol. The largest absolute Gasteiger partial charge is 0.497 e. The van der Waals surface area contributed by atoms with Gasteiger partial charge in [-0.2, -0.15) is 0 Å². The third-order valence-corrected chi connectivity index (χ3v) is 5.64. The van der Waals surface area contributed by atoms with E-state index < -0.39 is 0 Å². The van der Waals surface area contributed by atoms with E-state index in [0.29, 0.717) is 17.9 Å². The van der Waals surface area contributed by atoms with Gasteiger partial charge in [-0.1, -0.05) is 0 Å². The lowest BCUT2D eigenvalue weighted by Gasteiger charge is -2.28. The minimum atomic E-state index is 0.0306. The van der Waals surface area contributed by atoms with E-state index in [9.17, 15) is 4.79 Å². The fraction of sp³-hybridized carbons (Fsp3) is 0.500. The van der Waals surface area contributed by atoms with Gasteiger partial charge >= 0.3 is 0 Å². The van der Waals surface area contributed by atoms with Crippen LogP contribution in [-0.4, -0.2) is 41.2 Å². The Hall–Kier alpha value is -2.34. The molecule has 2 atom stereocenters. The van der Waals surface area contributed by atoms with Gasteiger partial charge in [-0.3, -0.25) is 9.69 Å². The number of hydrogen-bond acceptors (Lipinski definition) is 5. The van der Waals surface area contributed by atoms with E-state index in [4.69, 9.17) is 9.47 Å². The maximum atomic E-state index is 12.4. The van der Waals surface area contributed by atoms with Crippen LogP contribution in [0.1, 0.15) is 35.5 Å². The van der Waals surface area contributed by atoms with Crippen molar-refractivity contribution in [3.8, 4) is 11.5 Å². The van der Waals surface area contributed by atoms with Crippen LogP contribution in [0, 0.1) is 6.92 Å². The van der Waals surface area contributed by atoms with Crippen LogP contribution in [0.5, 0.6) is 11.5 Å². The Balaban J connectivity index is 1.64. The van der Waals surface area contributed by atoms with Crippen molar-refractivity contribution < 1.29 is 9.47 Å². The van der Waals surface area contributed by atoms with Crippen LogP contribution >= 0.6 is 0 Å². The predicted octanol–water partition coefficient (Wildman–Crippen LogP) is 2.23. The molecule has 0 amide bonds. The summed E-state index contributed by atoms with van der Waals surface area (Å²) in [7, 11) is 3.34. The molecule has 0 radical (unpaired) electrons. The summed E-state index contributed by atoms with van der Waals surface area (Å²) >= 11 is 0. The van der Waals surface area contributed by atoms with E-state index in [1.807, 2.05) is 13.0 Å². The smallest absolute Gasteiger partial charge is 0.254 e. The van der Waals surface area contributed by atoms with Gasteiger partial charge in [0.05, 0.1) is 19.9 Å². The summed E-state index contributed by atoms with van der Waals surface area (Å²) in [6.45, 7) is 2.68. The number of fused-ring (bicyclic) bond motifs is 3. The zero-order valence-electron chi connectivity index (χ0n) is 15.5. The topological polar surface area (TPSA) is 67.5 Å². The lowest BCUT2D eigenvalue weighted by atomic mass is 9.98. The molecule has 26 heavy (non-hydrogen) atoms. The molecule has 2 aliphatic rings. The van der Waals surface area contributed by atoms with Crippen LogP contribution in [0.15, 0.2) is 23.0 Å². The SMILES string of the molecule is COc1cc(CN2[C@@H]3CC[C@@H]2Cc2c(nc(C)[nH]c2=O)C3)cc(OC)c1. The van der Waals surface area contributed by atoms with Crippen molar-refractivity contribution in [2.24, 2.45) is 0 Å². The highest BCUT2D eigenvalue weighted by Crippen LogP contribution is 2.34. The molecule has 1 aromatic heterocycles. The molecule has 0 saturated carbocycles. The second kappa shape index (κ2) is 6.76. The van der Waals surface area contributed by atoms with Crippen LogP contribution in [-0.2, 0) is 19.4 Å². The summed E-state index contributed by atoms with van der Waals surface area (Å²) in [5.41, 5.74) is 3.05. The molecule has 2 aromatic rings. The number of nitrogens with zero attached hydrogens (tertiary/aromatic N) is 2. The Bertz CT molecular complexity index is 855. The Morgan fingerprint density at radius 2 is 1.77 bits per heavy atom. The van der Waals surface area contributed by atoms with E-state index >= 15 is 0 Å². The van der Waals surface area contributed by atoms with Crippen LogP contribution in [0.2, 0.25) is 0 Å². The Morgan fingerprint density at radius 3 is 2.42 bits per heavy atom. The van der Waals surface area contributed by atoms with Crippen LogP contribution in [0.3, 0.4) is 0 Å². The van der Waals surface area contributed by atoms with Crippen molar-refractivity contribution in [3.05, 3.63) is 51.2 Å². The second-order valence-corrected chi connectivity index (χ2v) is 7.26. The van der Waals surface area contributed by atoms with Gasteiger partial charge in [-0.25, -0.2) is 4.98 Å². The van der Waals surface area contributed by atoms with E-state index in [0.717, 1.165) is 55.0 Å². The number of aromatic nitrogens is 2. The van der Waals surface area contributed by atoms with Gasteiger partial charge in [0, 0.05) is 36.7 Å². The molecular weight excluding hydrogens is 330 g/mol. The summed E-state index contributed by atoms with van der Waals surface area (Å²) in [6, 6.07) is 6.82. The van der Waals surface area contributed by atoms with Gasteiger partial charge in [0.15, 0.2) is 0 Å². The molecule has 0 unspecified atom stereocenters. The minimum absolute atomic E-state index is 0.0306. The van der Waals surface area contributed by atoms with Crippen LogP contribution in [0.4, 0.5) is 0 Å². The van der Waals surface area contributed by atoms with Crippen LogP contribution in [0.25, 0.3) is 0 Å². The quantitative estimate of drug-likeness (QED) is 0.911. The number of methoxy groups -OCH3 is 2. The van der Waals surface area contributed by atoms with Crippen molar-refractivity contribution in [3.63, 3.8) is 0 Å². The summed E-state index contributed by atoms with van der Waals surface area (Å²) in [5, 5.41) is 0. The summed E-state index contributed by atoms with van der Waals surface area (Å²) in [5.74, 6) is 2.31. The van der Waals surface area contributed by atoms with E-state index in [2.05, 4.69) is 27.0 Å². The van der Waals surface area contributed by atoms with Gasteiger partial charge in [0.1, 0.15) is 17.3 Å². The lowest BCUT2D eigenvalue weighted by molar-refractivity contribution is 0.187. The van der Waals surface area contributed by atoms with Crippen LogP contribution < -0.4 is 15.0 Å². The minimum Gasteiger partial charge on any atom is -0.497 e. The average Bonchev–Trinajstić information content (AvgIpc) is 2.90. The molecule has 3 heterocycles. The van der Waals surface area contributed by atoms with Gasteiger partial charge in [0.25, 0.3) is 5.56 Å². The molecule has 2 aliphatic heterocycles. The number of aromatic amines is 1. The van der Waals surface area contributed by atoms with E-state index in [-0.39, 0.29) is 5.56 Å². The highest BCUT2D eigenvalue weighted by Gasteiger charge is 2.38. The molecule has 4 rings (SSSR count). The highest BCUT2D eigenvalue weighted by molar-refractivity contribution is 5.38. The molecule has 1 N–H and O–H groups in total. The van der Waals surface area contributed by atoms with Gasteiger partial charge in [0.2, 0.25) is 0 Å². The van der Waals surface area contributed by atoms with E-state index in [1.165, 1.54) is 5.56 Å². The van der Waals surface area contributed by atoms with Crippen molar-refractivity contribution in [2.75, 3.05) is 14.2 Å². The molecule has 0 spiro atoms. The molecule has 138 valence electrons. The third-order valence-electron chi connectivity index (χ3n) is 5.64. The summed E-state index contributed by atoms with van der Waals surface area (Å²) in [6.07, 6.45) is 3.89. The van der Waals surface area contributed by atoms with Gasteiger partial charge in [-0.05, 0) is 43.9 Å². The molecule has 6 nitrogen and oxygen atoms in total. The molecule has 1 aromatic carbocycles. The van der Waals surface area contributed by atoms with Crippen molar-refractivity contribution >= 4 is 0 Å². The summed E-state index contributed by atoms with van der Waals surface area (Å²) < 4.78 is 10.8. The monoisotopic (exact) mass is 355 g/mol. The number of rotatable bonds is 4. The summed E-state index contributed by atoms with van der Waals surface area (Å²) in [4.78, 5) is 22.4. The van der Waals surface area contributed by atoms with Gasteiger partial charge < -0.3 is 14.5 Å². The second-order valence-electron chi connectivity index (χ2n) is 7.26. The number of benzene rings is 1. The first-order chi connectivity index (χ1) is 12.6. The molecule has 2 bridgehead atoms. The van der Waals surface area contributed by atoms with Crippen molar-refractivity contribution in [1.82, 2.24) is 14.9 Å². The first-order valence-corrected chi connectivity index (χ1v) is 9.13. The molecular formula is C20H25N3O3. The standard InChI is InChI=1S/C20H25N3O3/c1-12-21-19-9-15-5-4-14(8-18(19)20(24)22-12)23(15)11-13-6-16(25-2)10-17(7-13)26-3/h6-7,10,14-15H,4-5,8-9,11H2,1-3H3,(H,21,22,24)/t14-,15-/m1/s1. The van der Waals surface area contributed by atoms with Crippen molar-refractivity contribution in [2.45, 2.75) is 51.2 Å². The Morgan fingerprint density at radius 1 is 1.12 bits per heavy atom. The fourth-order valence-corrected chi connectivity index (χ4v) is 4.39. The fourth-order valence-electron chi connectivity index (χ4n) is 4.39. The molecule has 6 heteroatoms. The number of hydrogen-bond donors (Lipinski definition) is 1. The molecule has 1 saturated heterocycles. The van der Waals surface area contributed by atoms with Gasteiger partial charge in [-0.15, -0.1) is 0 Å². The highest BCUT2D eigenvalue weighted by atomic mass is 16.5. The number of ether oxygens (including phenoxy) is 2. The molecule has 1 fully saturated rings. The predicted molar refractivity (Wildman–Crippen MR) is 98.9 cm³/mol. The molecule has 0 aliphatic carbocycles. The normalized spacial score (nSPS) is 22.0. The first-order valence-electron chi connectivity index (χ1n) is 9.13. The lowest BCUT2D eigenvalue weighted by Crippen LogP contribution is -2.36. The number of aryl methyl sites for hydroxylation is 1. The van der Waals surface area contributed by atoms with E-state index in [1.54, 1.807) is 14.2 Å². The Labute approximate surface area is 153 Å². The first kappa shape index (κ1) is 17.1. The third kappa shape index (κ3) is 3.09. The zero-order valence-corrected chi connectivity index (χ0v) is 15.5. The zero-order chi connectivity index (χ0) is 18.3. The van der Waals surface area contributed by atoms with Crippen molar-refractivity contribution in [1.29, 1.82) is 0 Å². The Kier molecular flexibility index (Phi) is 4.44.